The first-order valence-corrected chi connectivity index (χ1v) is 7.56. The largest absolute Gasteiger partial charge is 0.377 e. The molecule has 1 aliphatic carbocycles. The van der Waals surface area contributed by atoms with Crippen LogP contribution in [0.5, 0.6) is 0 Å². The first-order valence-electron chi connectivity index (χ1n) is 7.19. The second kappa shape index (κ2) is 6.04. The van der Waals surface area contributed by atoms with E-state index in [9.17, 15) is 4.39 Å². The summed E-state index contributed by atoms with van der Waals surface area (Å²) in [7, 11) is 0. The number of anilines is 1. The van der Waals surface area contributed by atoms with Crippen LogP contribution in [0, 0.1) is 5.82 Å². The highest BCUT2D eigenvalue weighted by Crippen LogP contribution is 2.43. The Balaban J connectivity index is 1.88. The fourth-order valence-electron chi connectivity index (χ4n) is 2.70. The summed E-state index contributed by atoms with van der Waals surface area (Å²) < 4.78 is 13.4. The molecule has 2 nitrogen and oxygen atoms in total. The van der Waals surface area contributed by atoms with Crippen LogP contribution >= 0.6 is 11.6 Å². The Morgan fingerprint density at radius 1 is 1.24 bits per heavy atom. The highest BCUT2D eigenvalue weighted by molar-refractivity contribution is 6.30. The zero-order valence-electron chi connectivity index (χ0n) is 11.7. The zero-order valence-corrected chi connectivity index (χ0v) is 12.4. The number of rotatable bonds is 5. The van der Waals surface area contributed by atoms with Crippen LogP contribution in [0.1, 0.15) is 35.9 Å². The van der Waals surface area contributed by atoms with Gasteiger partial charge in [-0.2, -0.15) is 0 Å². The summed E-state index contributed by atoms with van der Waals surface area (Å²) in [6, 6.07) is 12.7. The van der Waals surface area contributed by atoms with Crippen molar-refractivity contribution in [1.82, 2.24) is 0 Å². The molecule has 0 saturated heterocycles. The Hall–Kier alpha value is -1.58. The van der Waals surface area contributed by atoms with Gasteiger partial charge in [-0.05, 0) is 48.1 Å². The van der Waals surface area contributed by atoms with E-state index in [0.717, 1.165) is 0 Å². The van der Waals surface area contributed by atoms with Crippen LogP contribution in [0.2, 0.25) is 5.02 Å². The maximum absolute atomic E-state index is 13.4. The minimum atomic E-state index is -0.351. The molecule has 1 unspecified atom stereocenters. The average molecular weight is 305 g/mol. The molecule has 3 N–H and O–H groups in total. The van der Waals surface area contributed by atoms with Crippen LogP contribution in [0.15, 0.2) is 42.5 Å². The Morgan fingerprint density at radius 3 is 2.67 bits per heavy atom. The molecule has 110 valence electrons. The first-order chi connectivity index (χ1) is 10.2. The molecule has 21 heavy (non-hydrogen) atoms. The van der Waals surface area contributed by atoms with Crippen molar-refractivity contribution in [1.29, 1.82) is 0 Å². The van der Waals surface area contributed by atoms with E-state index in [0.29, 0.717) is 23.2 Å². The van der Waals surface area contributed by atoms with Gasteiger partial charge in [0.2, 0.25) is 0 Å². The van der Waals surface area contributed by atoms with E-state index in [2.05, 4.69) is 23.5 Å². The van der Waals surface area contributed by atoms with E-state index in [-0.39, 0.29) is 11.9 Å². The van der Waals surface area contributed by atoms with Gasteiger partial charge >= 0.3 is 0 Å². The zero-order chi connectivity index (χ0) is 14.8. The smallest absolute Gasteiger partial charge is 0.126 e. The molecule has 1 aliphatic rings. The lowest BCUT2D eigenvalue weighted by molar-refractivity contribution is 0.627. The summed E-state index contributed by atoms with van der Waals surface area (Å²) in [5, 5.41) is 3.68. The Labute approximate surface area is 129 Å². The lowest BCUT2D eigenvalue weighted by Crippen LogP contribution is -2.21. The summed E-state index contributed by atoms with van der Waals surface area (Å²) >= 11 is 5.90. The van der Waals surface area contributed by atoms with Crippen LogP contribution < -0.4 is 11.1 Å². The van der Waals surface area contributed by atoms with Crippen LogP contribution in [0.25, 0.3) is 0 Å². The molecule has 1 saturated carbocycles. The number of nitrogens with two attached hydrogens (primary N) is 1. The second-order valence-electron chi connectivity index (χ2n) is 5.49. The van der Waals surface area contributed by atoms with Gasteiger partial charge in [0.05, 0.1) is 6.04 Å². The quantitative estimate of drug-likeness (QED) is 0.855. The first kappa shape index (κ1) is 14.4. The highest BCUT2D eigenvalue weighted by atomic mass is 35.5. The van der Waals surface area contributed by atoms with Crippen molar-refractivity contribution in [3.63, 3.8) is 0 Å². The summed E-state index contributed by atoms with van der Waals surface area (Å²) in [6.45, 7) is 0.442. The standard InChI is InChI=1S/C17H18ClFN2/c18-12-7-13(19)9-14(8-12)21-17(10-20)16-4-2-1-3-15(16)11-5-6-11/h1-4,7-9,11,17,21H,5-6,10,20H2. The molecule has 0 bridgehead atoms. The molecule has 2 aromatic carbocycles. The molecule has 0 amide bonds. The predicted octanol–water partition coefficient (Wildman–Crippen LogP) is 4.47. The van der Waals surface area contributed by atoms with E-state index in [4.69, 9.17) is 17.3 Å². The lowest BCUT2D eigenvalue weighted by atomic mass is 9.97. The van der Waals surface area contributed by atoms with Crippen molar-refractivity contribution >= 4 is 17.3 Å². The lowest BCUT2D eigenvalue weighted by Gasteiger charge is -2.22. The van der Waals surface area contributed by atoms with Gasteiger partial charge in [0.25, 0.3) is 0 Å². The van der Waals surface area contributed by atoms with Crippen LogP contribution in [-0.2, 0) is 0 Å². The van der Waals surface area contributed by atoms with Gasteiger partial charge in [-0.1, -0.05) is 35.9 Å². The molecule has 4 heteroatoms. The maximum atomic E-state index is 13.4. The predicted molar refractivity (Wildman–Crippen MR) is 85.2 cm³/mol. The molecular formula is C17H18ClFN2. The number of halogens is 2. The summed E-state index contributed by atoms with van der Waals surface area (Å²) in [5.41, 5.74) is 9.13. The Morgan fingerprint density at radius 2 is 2.00 bits per heavy atom. The van der Waals surface area contributed by atoms with Gasteiger partial charge in [-0.15, -0.1) is 0 Å². The summed E-state index contributed by atoms with van der Waals surface area (Å²) in [4.78, 5) is 0. The van der Waals surface area contributed by atoms with Crippen molar-refractivity contribution in [3.8, 4) is 0 Å². The molecule has 1 fully saturated rings. The normalized spacial score (nSPS) is 15.8. The third-order valence-corrected chi connectivity index (χ3v) is 4.05. The average Bonchev–Trinajstić information content (AvgIpc) is 3.28. The summed E-state index contributed by atoms with van der Waals surface area (Å²) in [5.74, 6) is 0.296. The SMILES string of the molecule is NCC(Nc1cc(F)cc(Cl)c1)c1ccccc1C1CC1. The van der Waals surface area contributed by atoms with Crippen molar-refractivity contribution in [3.05, 3.63) is 64.4 Å². The number of nitrogens with one attached hydrogen (secondary N) is 1. The number of hydrogen-bond donors (Lipinski definition) is 2. The molecule has 0 heterocycles. The fraction of sp³-hybridized carbons (Fsp3) is 0.294. The number of benzene rings is 2. The third kappa shape index (κ3) is 3.36. The van der Waals surface area contributed by atoms with Crippen molar-refractivity contribution < 1.29 is 4.39 Å². The molecule has 3 rings (SSSR count). The van der Waals surface area contributed by atoms with Crippen LogP contribution in [0.3, 0.4) is 0 Å². The second-order valence-corrected chi connectivity index (χ2v) is 5.93. The monoisotopic (exact) mass is 304 g/mol. The molecule has 2 aromatic rings. The van der Waals surface area contributed by atoms with Crippen LogP contribution in [-0.4, -0.2) is 6.54 Å². The van der Waals surface area contributed by atoms with Gasteiger partial charge in [0.15, 0.2) is 0 Å². The van der Waals surface area contributed by atoms with Gasteiger partial charge in [-0.3, -0.25) is 0 Å². The van der Waals surface area contributed by atoms with E-state index < -0.39 is 0 Å². The third-order valence-electron chi connectivity index (χ3n) is 3.83. The van der Waals surface area contributed by atoms with Gasteiger partial charge in [0, 0.05) is 17.3 Å². The maximum Gasteiger partial charge on any atom is 0.126 e. The molecule has 0 radical (unpaired) electrons. The molecule has 0 aromatic heterocycles. The molecule has 0 aliphatic heterocycles. The van der Waals surface area contributed by atoms with Crippen molar-refractivity contribution in [2.45, 2.75) is 24.8 Å². The number of hydrogen-bond acceptors (Lipinski definition) is 2. The topological polar surface area (TPSA) is 38.0 Å². The summed E-state index contributed by atoms with van der Waals surface area (Å²) in [6.07, 6.45) is 2.47. The van der Waals surface area contributed by atoms with Crippen molar-refractivity contribution in [2.24, 2.45) is 5.73 Å². The Kier molecular flexibility index (Phi) is 4.13. The van der Waals surface area contributed by atoms with E-state index in [1.807, 2.05) is 6.07 Å². The van der Waals surface area contributed by atoms with E-state index in [1.165, 1.54) is 36.1 Å². The molecule has 1 atom stereocenters. The Bertz CT molecular complexity index is 620. The van der Waals surface area contributed by atoms with E-state index >= 15 is 0 Å². The van der Waals surface area contributed by atoms with Crippen LogP contribution in [0.4, 0.5) is 10.1 Å². The minimum absolute atomic E-state index is 0.0420. The highest BCUT2D eigenvalue weighted by Gasteiger charge is 2.27. The van der Waals surface area contributed by atoms with E-state index in [1.54, 1.807) is 6.07 Å². The van der Waals surface area contributed by atoms with Crippen molar-refractivity contribution in [2.75, 3.05) is 11.9 Å². The minimum Gasteiger partial charge on any atom is -0.377 e. The van der Waals surface area contributed by atoms with Gasteiger partial charge < -0.3 is 11.1 Å². The molecular weight excluding hydrogens is 287 g/mol. The van der Waals surface area contributed by atoms with Gasteiger partial charge in [0.1, 0.15) is 5.82 Å². The molecule has 0 spiro atoms. The fourth-order valence-corrected chi connectivity index (χ4v) is 2.92. The van der Waals surface area contributed by atoms with Gasteiger partial charge in [-0.25, -0.2) is 4.39 Å².